The molecule has 0 bridgehead atoms. The van der Waals surface area contributed by atoms with Crippen molar-refractivity contribution < 1.29 is 5.21 Å². The van der Waals surface area contributed by atoms with Crippen LogP contribution in [0.1, 0.15) is 31.3 Å². The highest BCUT2D eigenvalue weighted by molar-refractivity contribution is 7.99. The Morgan fingerprint density at radius 3 is 2.86 bits per heavy atom. The van der Waals surface area contributed by atoms with Crippen molar-refractivity contribution in [2.24, 2.45) is 10.9 Å². The van der Waals surface area contributed by atoms with Crippen LogP contribution in [0.15, 0.2) is 26.3 Å². The number of amidine groups is 1. The van der Waals surface area contributed by atoms with Gasteiger partial charge in [-0.25, -0.2) is 19.9 Å². The largest absolute Gasteiger partial charge is 0.409 e. The third-order valence-electron chi connectivity index (χ3n) is 2.57. The van der Waals surface area contributed by atoms with E-state index in [4.69, 9.17) is 10.9 Å². The van der Waals surface area contributed by atoms with Crippen molar-refractivity contribution in [2.75, 3.05) is 0 Å². The molecular weight excluding hydrogens is 294 g/mol. The fourth-order valence-electron chi connectivity index (χ4n) is 1.67. The summed E-state index contributed by atoms with van der Waals surface area (Å²) >= 11 is 1.13. The van der Waals surface area contributed by atoms with Crippen LogP contribution in [0.25, 0.3) is 0 Å². The van der Waals surface area contributed by atoms with Gasteiger partial charge >= 0.3 is 5.69 Å². The second-order valence-electron chi connectivity index (χ2n) is 4.54. The number of rotatable bonds is 4. The van der Waals surface area contributed by atoms with Crippen LogP contribution in [-0.4, -0.2) is 35.8 Å². The van der Waals surface area contributed by atoms with Crippen LogP contribution in [0, 0.1) is 6.92 Å². The first kappa shape index (κ1) is 15.0. The normalized spacial score (nSPS) is 12.1. The lowest BCUT2D eigenvalue weighted by atomic mass is 10.3. The van der Waals surface area contributed by atoms with Crippen molar-refractivity contribution >= 4 is 17.6 Å². The van der Waals surface area contributed by atoms with Gasteiger partial charge in [0.1, 0.15) is 5.69 Å². The summed E-state index contributed by atoms with van der Waals surface area (Å²) in [6.45, 7) is 5.51. The zero-order valence-corrected chi connectivity index (χ0v) is 12.5. The van der Waals surface area contributed by atoms with E-state index in [2.05, 4.69) is 25.3 Å². The lowest BCUT2D eigenvalue weighted by molar-refractivity contribution is 0.318. The SMILES string of the molecule is Cc1cc(/C(N)=N/O)nc(Sc2n[nH]c(=O)n2C(C)C)n1. The Morgan fingerprint density at radius 2 is 2.24 bits per heavy atom. The first-order valence-corrected chi connectivity index (χ1v) is 6.92. The first-order chi connectivity index (χ1) is 9.92. The number of aromatic amines is 1. The Labute approximate surface area is 124 Å². The molecule has 0 aliphatic carbocycles. The van der Waals surface area contributed by atoms with Gasteiger partial charge in [0.15, 0.2) is 16.1 Å². The van der Waals surface area contributed by atoms with E-state index in [1.807, 2.05) is 13.8 Å². The summed E-state index contributed by atoms with van der Waals surface area (Å²) in [7, 11) is 0. The van der Waals surface area contributed by atoms with Gasteiger partial charge in [-0.15, -0.1) is 5.10 Å². The standard InChI is InChI=1S/C11H15N7O2S/c1-5(2)18-10(19)15-16-11(18)21-9-13-6(3)4-7(14-9)8(12)17-20/h4-5,20H,1-3H3,(H2,12,17)(H,15,19). The maximum Gasteiger partial charge on any atom is 0.344 e. The monoisotopic (exact) mass is 309 g/mol. The van der Waals surface area contributed by atoms with Gasteiger partial charge in [-0.2, -0.15) is 0 Å². The third-order valence-corrected chi connectivity index (χ3v) is 3.41. The smallest absolute Gasteiger partial charge is 0.344 e. The molecule has 0 radical (unpaired) electrons. The van der Waals surface area contributed by atoms with Crippen LogP contribution in [0.4, 0.5) is 0 Å². The Morgan fingerprint density at radius 1 is 1.52 bits per heavy atom. The number of nitrogens with zero attached hydrogens (tertiary/aromatic N) is 5. The summed E-state index contributed by atoms with van der Waals surface area (Å²) in [5, 5.41) is 18.8. The molecule has 112 valence electrons. The molecule has 0 saturated heterocycles. The number of hydrogen-bond acceptors (Lipinski definition) is 7. The fraction of sp³-hybridized carbons (Fsp3) is 0.364. The van der Waals surface area contributed by atoms with E-state index in [1.54, 1.807) is 13.0 Å². The van der Waals surface area contributed by atoms with Crippen LogP contribution in [-0.2, 0) is 0 Å². The number of oxime groups is 1. The van der Waals surface area contributed by atoms with Crippen molar-refractivity contribution in [3.05, 3.63) is 27.9 Å². The molecule has 9 nitrogen and oxygen atoms in total. The molecule has 0 spiro atoms. The molecule has 0 aromatic carbocycles. The highest BCUT2D eigenvalue weighted by Gasteiger charge is 2.15. The molecule has 2 aromatic heterocycles. The van der Waals surface area contributed by atoms with E-state index in [-0.39, 0.29) is 17.6 Å². The van der Waals surface area contributed by atoms with Gasteiger partial charge in [0, 0.05) is 11.7 Å². The van der Waals surface area contributed by atoms with Gasteiger partial charge < -0.3 is 10.9 Å². The minimum Gasteiger partial charge on any atom is -0.409 e. The van der Waals surface area contributed by atoms with Gasteiger partial charge in [0.05, 0.1) is 0 Å². The van der Waals surface area contributed by atoms with Gasteiger partial charge in [0.25, 0.3) is 0 Å². The molecule has 0 amide bonds. The van der Waals surface area contributed by atoms with Crippen molar-refractivity contribution in [1.82, 2.24) is 24.7 Å². The zero-order valence-electron chi connectivity index (χ0n) is 11.7. The number of hydrogen-bond donors (Lipinski definition) is 3. The summed E-state index contributed by atoms with van der Waals surface area (Å²) in [5.74, 6) is -0.106. The van der Waals surface area contributed by atoms with E-state index in [9.17, 15) is 4.79 Å². The summed E-state index contributed by atoms with van der Waals surface area (Å²) in [4.78, 5) is 20.1. The first-order valence-electron chi connectivity index (χ1n) is 6.10. The van der Waals surface area contributed by atoms with Crippen LogP contribution in [0.5, 0.6) is 0 Å². The summed E-state index contributed by atoms with van der Waals surface area (Å²) in [5.41, 5.74) is 6.20. The van der Waals surface area contributed by atoms with E-state index in [1.165, 1.54) is 4.57 Å². The highest BCUT2D eigenvalue weighted by atomic mass is 32.2. The quantitative estimate of drug-likeness (QED) is 0.246. The summed E-state index contributed by atoms with van der Waals surface area (Å²) in [6.07, 6.45) is 0. The average molecular weight is 309 g/mol. The molecular formula is C11H15N7O2S. The maximum absolute atomic E-state index is 11.7. The molecule has 0 unspecified atom stereocenters. The fourth-order valence-corrected chi connectivity index (χ4v) is 2.65. The van der Waals surface area contributed by atoms with Crippen LogP contribution in [0.2, 0.25) is 0 Å². The van der Waals surface area contributed by atoms with Crippen LogP contribution >= 0.6 is 11.8 Å². The summed E-state index contributed by atoms with van der Waals surface area (Å²) < 4.78 is 1.50. The van der Waals surface area contributed by atoms with E-state index < -0.39 is 0 Å². The number of H-pyrrole nitrogens is 1. The lowest BCUT2D eigenvalue weighted by Crippen LogP contribution is -2.19. The molecule has 2 rings (SSSR count). The minimum atomic E-state index is -0.295. The predicted molar refractivity (Wildman–Crippen MR) is 76.6 cm³/mol. The second kappa shape index (κ2) is 5.95. The predicted octanol–water partition coefficient (Wildman–Crippen LogP) is 0.496. The molecule has 2 heterocycles. The van der Waals surface area contributed by atoms with Crippen molar-refractivity contribution in [2.45, 2.75) is 37.1 Å². The van der Waals surface area contributed by atoms with Gasteiger partial charge in [-0.1, -0.05) is 5.16 Å². The highest BCUT2D eigenvalue weighted by Crippen LogP contribution is 2.23. The molecule has 4 N–H and O–H groups in total. The molecule has 0 atom stereocenters. The minimum absolute atomic E-state index is 0.0490. The van der Waals surface area contributed by atoms with E-state index in [0.717, 1.165) is 11.8 Å². The Bertz CT molecular complexity index is 734. The zero-order chi connectivity index (χ0) is 15.6. The Kier molecular flexibility index (Phi) is 4.26. The number of aryl methyl sites for hydroxylation is 1. The average Bonchev–Trinajstić information content (AvgIpc) is 2.78. The molecule has 21 heavy (non-hydrogen) atoms. The topological polar surface area (TPSA) is 135 Å². The van der Waals surface area contributed by atoms with Crippen molar-refractivity contribution in [3.63, 3.8) is 0 Å². The van der Waals surface area contributed by atoms with Gasteiger partial charge in [-0.3, -0.25) is 4.57 Å². The van der Waals surface area contributed by atoms with Gasteiger partial charge in [0.2, 0.25) is 0 Å². The van der Waals surface area contributed by atoms with E-state index >= 15 is 0 Å². The molecule has 2 aromatic rings. The number of aromatic nitrogens is 5. The number of nitrogens with two attached hydrogens (primary N) is 1. The Hall–Kier alpha value is -2.36. The van der Waals surface area contributed by atoms with Gasteiger partial charge in [-0.05, 0) is 38.6 Å². The molecule has 0 saturated carbocycles. The lowest BCUT2D eigenvalue weighted by Gasteiger charge is -2.08. The van der Waals surface area contributed by atoms with Crippen LogP contribution < -0.4 is 11.4 Å². The molecule has 0 aliphatic heterocycles. The number of nitrogens with one attached hydrogen (secondary N) is 1. The second-order valence-corrected chi connectivity index (χ2v) is 5.47. The van der Waals surface area contributed by atoms with E-state index in [0.29, 0.717) is 21.7 Å². The van der Waals surface area contributed by atoms with Crippen LogP contribution in [0.3, 0.4) is 0 Å². The molecule has 10 heteroatoms. The maximum atomic E-state index is 11.7. The third kappa shape index (κ3) is 3.21. The van der Waals surface area contributed by atoms with Crippen molar-refractivity contribution in [1.29, 1.82) is 0 Å². The summed E-state index contributed by atoms with van der Waals surface area (Å²) in [6, 6.07) is 1.55. The molecule has 0 aliphatic rings. The molecule has 0 fully saturated rings. The van der Waals surface area contributed by atoms with Crippen molar-refractivity contribution in [3.8, 4) is 0 Å². The Balaban J connectivity index is 2.41.